The topological polar surface area (TPSA) is 37.3 Å². The van der Waals surface area contributed by atoms with Gasteiger partial charge in [-0.1, -0.05) is 36.5 Å². The van der Waals surface area contributed by atoms with Crippen LogP contribution >= 0.6 is 12.2 Å². The van der Waals surface area contributed by atoms with E-state index in [-0.39, 0.29) is 5.57 Å². The standard InChI is InChI=1S/C12H10O2S/c1-9(12(13)14)2-3-10-4-6-11(8-15)7-5-10/h3-8H,1H3,(H,13,14). The van der Waals surface area contributed by atoms with Crippen LogP contribution in [0.5, 0.6) is 0 Å². The molecule has 0 aromatic heterocycles. The predicted octanol–water partition coefficient (Wildman–Crippen LogP) is 2.68. The van der Waals surface area contributed by atoms with Gasteiger partial charge in [0.1, 0.15) is 0 Å². The largest absolute Gasteiger partial charge is 0.477 e. The van der Waals surface area contributed by atoms with Crippen molar-refractivity contribution >= 4 is 29.6 Å². The molecule has 2 nitrogen and oxygen atoms in total. The van der Waals surface area contributed by atoms with Crippen LogP contribution in [0.3, 0.4) is 0 Å². The molecule has 0 aliphatic carbocycles. The lowest BCUT2D eigenvalue weighted by Crippen LogP contribution is -1.93. The smallest absolute Gasteiger partial charge is 0.339 e. The fraction of sp³-hybridized carbons (Fsp3) is 0.0833. The van der Waals surface area contributed by atoms with E-state index in [0.717, 1.165) is 11.1 Å². The molecule has 0 spiro atoms. The minimum atomic E-state index is -0.957. The molecule has 0 heterocycles. The third-order valence-electron chi connectivity index (χ3n) is 1.85. The molecule has 0 aliphatic heterocycles. The molecule has 1 N–H and O–H groups in total. The second kappa shape index (κ2) is 5.25. The highest BCUT2D eigenvalue weighted by molar-refractivity contribution is 7.79. The van der Waals surface area contributed by atoms with Gasteiger partial charge in [0.2, 0.25) is 0 Å². The van der Waals surface area contributed by atoms with Gasteiger partial charge in [-0.15, -0.1) is 5.73 Å². The molecule has 76 valence electrons. The van der Waals surface area contributed by atoms with E-state index in [2.05, 4.69) is 5.73 Å². The lowest BCUT2D eigenvalue weighted by molar-refractivity contribution is -0.132. The summed E-state index contributed by atoms with van der Waals surface area (Å²) in [4.78, 5) is 10.5. The van der Waals surface area contributed by atoms with Crippen molar-refractivity contribution in [2.24, 2.45) is 0 Å². The first-order chi connectivity index (χ1) is 7.13. The average Bonchev–Trinajstić information content (AvgIpc) is 2.26. The Kier molecular flexibility index (Phi) is 3.98. The molecule has 0 atom stereocenters. The lowest BCUT2D eigenvalue weighted by atomic mass is 10.1. The summed E-state index contributed by atoms with van der Waals surface area (Å²) in [6, 6.07) is 7.47. The molecule has 1 aromatic rings. The monoisotopic (exact) mass is 218 g/mol. The summed E-state index contributed by atoms with van der Waals surface area (Å²) in [5.41, 5.74) is 4.74. The van der Waals surface area contributed by atoms with Crippen LogP contribution in [0, 0.1) is 0 Å². The van der Waals surface area contributed by atoms with E-state index < -0.39 is 5.97 Å². The maximum absolute atomic E-state index is 10.5. The Morgan fingerprint density at radius 3 is 2.33 bits per heavy atom. The number of benzene rings is 1. The first-order valence-corrected chi connectivity index (χ1v) is 4.82. The molecule has 1 rings (SSSR count). The van der Waals surface area contributed by atoms with Crippen molar-refractivity contribution in [3.05, 3.63) is 46.7 Å². The van der Waals surface area contributed by atoms with Crippen molar-refractivity contribution < 1.29 is 9.90 Å². The van der Waals surface area contributed by atoms with Crippen molar-refractivity contribution in [2.75, 3.05) is 0 Å². The minimum Gasteiger partial charge on any atom is -0.477 e. The maximum Gasteiger partial charge on any atom is 0.339 e. The van der Waals surface area contributed by atoms with Crippen LogP contribution in [0.1, 0.15) is 18.1 Å². The highest BCUT2D eigenvalue weighted by Crippen LogP contribution is 2.04. The molecule has 0 amide bonds. The van der Waals surface area contributed by atoms with Gasteiger partial charge >= 0.3 is 5.97 Å². The average molecular weight is 218 g/mol. The molecule has 0 fully saturated rings. The van der Waals surface area contributed by atoms with Gasteiger partial charge in [-0.25, -0.2) is 4.79 Å². The Hall–Kier alpha value is -1.70. The fourth-order valence-corrected chi connectivity index (χ4v) is 1.08. The third kappa shape index (κ3) is 3.50. The molecular weight excluding hydrogens is 208 g/mol. The van der Waals surface area contributed by atoms with Crippen molar-refractivity contribution in [2.45, 2.75) is 6.92 Å². The summed E-state index contributed by atoms with van der Waals surface area (Å²) in [6.07, 6.45) is 1.64. The Morgan fingerprint density at radius 2 is 1.87 bits per heavy atom. The van der Waals surface area contributed by atoms with Crippen molar-refractivity contribution in [3.63, 3.8) is 0 Å². The maximum atomic E-state index is 10.5. The van der Waals surface area contributed by atoms with Crippen molar-refractivity contribution in [1.29, 1.82) is 0 Å². The third-order valence-corrected chi connectivity index (χ3v) is 2.12. The number of thiocarbonyl (C=S) groups is 1. The molecule has 0 radical (unpaired) electrons. The fourth-order valence-electron chi connectivity index (χ4n) is 0.924. The number of carboxylic acid groups (broad SMARTS) is 1. The second-order valence-electron chi connectivity index (χ2n) is 3.00. The molecule has 0 saturated carbocycles. The minimum absolute atomic E-state index is 0.189. The van der Waals surface area contributed by atoms with Crippen molar-refractivity contribution in [1.82, 2.24) is 0 Å². The zero-order chi connectivity index (χ0) is 11.3. The molecule has 0 aliphatic rings. The molecule has 0 saturated heterocycles. The molecule has 1 aromatic carbocycles. The SMILES string of the molecule is CC(=C=Cc1ccc(C=S)cc1)C(=O)O. The van der Waals surface area contributed by atoms with Gasteiger partial charge in [-0.2, -0.15) is 0 Å². The van der Waals surface area contributed by atoms with Gasteiger partial charge in [-0.05, 0) is 24.1 Å². The molecule has 15 heavy (non-hydrogen) atoms. The van der Waals surface area contributed by atoms with E-state index in [1.807, 2.05) is 24.3 Å². The van der Waals surface area contributed by atoms with Crippen LogP contribution in [0.4, 0.5) is 0 Å². The van der Waals surface area contributed by atoms with E-state index >= 15 is 0 Å². The molecular formula is C12H10O2S. The highest BCUT2D eigenvalue weighted by atomic mass is 32.1. The van der Waals surface area contributed by atoms with Crippen molar-refractivity contribution in [3.8, 4) is 0 Å². The van der Waals surface area contributed by atoms with Crippen LogP contribution < -0.4 is 0 Å². The highest BCUT2D eigenvalue weighted by Gasteiger charge is 1.95. The van der Waals surface area contributed by atoms with Crippen LogP contribution in [0.15, 0.2) is 35.6 Å². The lowest BCUT2D eigenvalue weighted by Gasteiger charge is -1.92. The van der Waals surface area contributed by atoms with Gasteiger partial charge in [0.05, 0.1) is 5.57 Å². The number of hydrogen-bond donors (Lipinski definition) is 1. The quantitative estimate of drug-likeness (QED) is 0.481. The molecule has 0 unspecified atom stereocenters. The van der Waals surface area contributed by atoms with Gasteiger partial charge < -0.3 is 5.11 Å². The predicted molar refractivity (Wildman–Crippen MR) is 64.0 cm³/mol. The summed E-state index contributed by atoms with van der Waals surface area (Å²) < 4.78 is 0. The molecule has 3 heteroatoms. The number of rotatable bonds is 3. The van der Waals surface area contributed by atoms with E-state index in [0.29, 0.717) is 0 Å². The summed E-state index contributed by atoms with van der Waals surface area (Å²) in [5.74, 6) is -0.957. The zero-order valence-corrected chi connectivity index (χ0v) is 9.04. The van der Waals surface area contributed by atoms with Crippen LogP contribution in [-0.2, 0) is 4.79 Å². The number of carboxylic acids is 1. The Balaban J connectivity index is 2.95. The Morgan fingerprint density at radius 1 is 1.33 bits per heavy atom. The van der Waals surface area contributed by atoms with Gasteiger partial charge in [-0.3, -0.25) is 0 Å². The van der Waals surface area contributed by atoms with E-state index in [1.54, 1.807) is 11.4 Å². The summed E-state index contributed by atoms with van der Waals surface area (Å²) in [5, 5.41) is 10.2. The first kappa shape index (κ1) is 11.4. The number of aliphatic carboxylic acids is 1. The normalized spacial score (nSPS) is 8.87. The van der Waals surface area contributed by atoms with Crippen LogP contribution in [0.25, 0.3) is 6.08 Å². The Labute approximate surface area is 93.6 Å². The van der Waals surface area contributed by atoms with E-state index in [9.17, 15) is 4.79 Å². The number of carbonyl (C=O) groups is 1. The van der Waals surface area contributed by atoms with Crippen LogP contribution in [-0.4, -0.2) is 16.4 Å². The van der Waals surface area contributed by atoms with E-state index in [1.165, 1.54) is 6.92 Å². The summed E-state index contributed by atoms with van der Waals surface area (Å²) >= 11 is 4.77. The first-order valence-electron chi connectivity index (χ1n) is 4.35. The van der Waals surface area contributed by atoms with E-state index in [4.69, 9.17) is 17.3 Å². The van der Waals surface area contributed by atoms with Crippen LogP contribution in [0.2, 0.25) is 0 Å². The Bertz CT molecular complexity index is 437. The second-order valence-corrected chi connectivity index (χ2v) is 3.24. The number of hydrogen-bond acceptors (Lipinski definition) is 2. The summed E-state index contributed by atoms with van der Waals surface area (Å²) in [6.45, 7) is 1.50. The summed E-state index contributed by atoms with van der Waals surface area (Å²) in [7, 11) is 0. The van der Waals surface area contributed by atoms with Gasteiger partial charge in [0.15, 0.2) is 0 Å². The van der Waals surface area contributed by atoms with Gasteiger partial charge in [0, 0.05) is 5.37 Å². The molecule has 0 bridgehead atoms. The van der Waals surface area contributed by atoms with Gasteiger partial charge in [0.25, 0.3) is 0 Å². The zero-order valence-electron chi connectivity index (χ0n) is 8.23.